The Labute approximate surface area is 152 Å². The molecule has 2 N–H and O–H groups in total. The van der Waals surface area contributed by atoms with Crippen LogP contribution in [0.3, 0.4) is 0 Å². The second-order valence-corrected chi connectivity index (χ2v) is 5.90. The van der Waals surface area contributed by atoms with E-state index in [1.165, 1.54) is 24.3 Å². The van der Waals surface area contributed by atoms with Crippen molar-refractivity contribution >= 4 is 41.2 Å². The summed E-state index contributed by atoms with van der Waals surface area (Å²) in [5, 5.41) is 12.2. The molecule has 2 aromatic rings. The maximum atomic E-state index is 12.3. The van der Waals surface area contributed by atoms with Crippen LogP contribution in [0.15, 0.2) is 42.1 Å². The Morgan fingerprint density at radius 2 is 1.84 bits per heavy atom. The molecule has 3 rings (SSSR count). The number of rotatable bonds is 4. The van der Waals surface area contributed by atoms with Crippen molar-refractivity contribution in [2.24, 2.45) is 0 Å². The molecule has 8 heteroatoms. The van der Waals surface area contributed by atoms with Crippen molar-refractivity contribution in [3.8, 4) is 11.5 Å². The van der Waals surface area contributed by atoms with Crippen LogP contribution in [0.2, 0.25) is 10.0 Å². The summed E-state index contributed by atoms with van der Waals surface area (Å²) in [7, 11) is 0. The van der Waals surface area contributed by atoms with Crippen molar-refractivity contribution in [3.05, 3.63) is 63.3 Å². The first-order valence-electron chi connectivity index (χ1n) is 7.05. The standard InChI is InChI=1S/C17H11Cl2NO5/c18-10-2-3-11(12(19)7-10)16(21)20-13(17(22)23)5-9-1-4-14-15(6-9)25-8-24-14/h1-7H,8H2,(H,20,21)(H,22,23)/b13-5-. The number of carboxylic acids is 1. The molecule has 1 aliphatic heterocycles. The Morgan fingerprint density at radius 3 is 2.56 bits per heavy atom. The molecule has 6 nitrogen and oxygen atoms in total. The number of nitrogens with one attached hydrogen (secondary N) is 1. The number of halogens is 2. The highest BCUT2D eigenvalue weighted by Crippen LogP contribution is 2.33. The Morgan fingerprint density at radius 1 is 1.08 bits per heavy atom. The summed E-state index contributed by atoms with van der Waals surface area (Å²) in [4.78, 5) is 23.7. The average molecular weight is 380 g/mol. The summed E-state index contributed by atoms with van der Waals surface area (Å²) in [6.07, 6.45) is 1.31. The molecule has 0 spiro atoms. The smallest absolute Gasteiger partial charge is 0.352 e. The van der Waals surface area contributed by atoms with Gasteiger partial charge >= 0.3 is 5.97 Å². The maximum absolute atomic E-state index is 12.3. The predicted molar refractivity (Wildman–Crippen MR) is 92.1 cm³/mol. The van der Waals surface area contributed by atoms with Gasteiger partial charge in [-0.15, -0.1) is 0 Å². The molecule has 0 aliphatic carbocycles. The van der Waals surface area contributed by atoms with Crippen LogP contribution < -0.4 is 14.8 Å². The van der Waals surface area contributed by atoms with Crippen molar-refractivity contribution in [1.82, 2.24) is 5.32 Å². The van der Waals surface area contributed by atoms with Crippen LogP contribution in [0.1, 0.15) is 15.9 Å². The van der Waals surface area contributed by atoms with Gasteiger partial charge in [0, 0.05) is 5.02 Å². The minimum absolute atomic E-state index is 0.111. The monoisotopic (exact) mass is 379 g/mol. The minimum Gasteiger partial charge on any atom is -0.477 e. The molecule has 1 heterocycles. The van der Waals surface area contributed by atoms with E-state index in [0.717, 1.165) is 0 Å². The third kappa shape index (κ3) is 3.87. The van der Waals surface area contributed by atoms with Crippen molar-refractivity contribution in [2.45, 2.75) is 0 Å². The number of aliphatic carboxylic acids is 1. The Kier molecular flexibility index (Phi) is 4.83. The molecular weight excluding hydrogens is 369 g/mol. The summed E-state index contributed by atoms with van der Waals surface area (Å²) >= 11 is 11.8. The van der Waals surface area contributed by atoms with Crippen LogP contribution in [0.5, 0.6) is 11.5 Å². The van der Waals surface area contributed by atoms with Crippen LogP contribution in [-0.4, -0.2) is 23.8 Å². The number of hydrogen-bond acceptors (Lipinski definition) is 4. The fourth-order valence-corrected chi connectivity index (χ4v) is 2.68. The van der Waals surface area contributed by atoms with Crippen LogP contribution in [0, 0.1) is 0 Å². The van der Waals surface area contributed by atoms with Crippen molar-refractivity contribution < 1.29 is 24.2 Å². The molecule has 0 radical (unpaired) electrons. The number of hydrogen-bond donors (Lipinski definition) is 2. The maximum Gasteiger partial charge on any atom is 0.352 e. The third-order valence-corrected chi connectivity index (χ3v) is 3.91. The van der Waals surface area contributed by atoms with E-state index in [9.17, 15) is 14.7 Å². The zero-order chi connectivity index (χ0) is 18.0. The van der Waals surface area contributed by atoms with E-state index in [2.05, 4.69) is 5.32 Å². The third-order valence-electron chi connectivity index (χ3n) is 3.36. The van der Waals surface area contributed by atoms with Gasteiger partial charge in [-0.05, 0) is 42.0 Å². The second kappa shape index (κ2) is 7.04. The first-order valence-corrected chi connectivity index (χ1v) is 7.80. The number of carbonyl (C=O) groups excluding carboxylic acids is 1. The van der Waals surface area contributed by atoms with Gasteiger partial charge in [0.2, 0.25) is 6.79 Å². The molecular formula is C17H11Cl2NO5. The highest BCUT2D eigenvalue weighted by Gasteiger charge is 2.17. The SMILES string of the molecule is O=C(O)/C(=C/c1ccc2c(c1)OCO2)NC(=O)c1ccc(Cl)cc1Cl. The lowest BCUT2D eigenvalue weighted by Gasteiger charge is -2.08. The number of carboxylic acid groups (broad SMARTS) is 1. The van der Waals surface area contributed by atoms with E-state index in [4.69, 9.17) is 32.7 Å². The van der Waals surface area contributed by atoms with Gasteiger partial charge in [0.1, 0.15) is 5.70 Å². The molecule has 0 unspecified atom stereocenters. The summed E-state index contributed by atoms with van der Waals surface area (Å²) in [6.45, 7) is 0.111. The highest BCUT2D eigenvalue weighted by molar-refractivity contribution is 6.36. The van der Waals surface area contributed by atoms with E-state index in [0.29, 0.717) is 22.1 Å². The Bertz CT molecular complexity index is 895. The fourth-order valence-electron chi connectivity index (χ4n) is 2.18. The Hall–Kier alpha value is -2.70. The van der Waals surface area contributed by atoms with Gasteiger partial charge in [-0.25, -0.2) is 4.79 Å². The van der Waals surface area contributed by atoms with Crippen LogP contribution in [0.4, 0.5) is 0 Å². The van der Waals surface area contributed by atoms with Gasteiger partial charge in [0.05, 0.1) is 10.6 Å². The molecule has 2 aromatic carbocycles. The van der Waals surface area contributed by atoms with Crippen LogP contribution >= 0.6 is 23.2 Å². The molecule has 0 atom stereocenters. The van der Waals surface area contributed by atoms with Crippen molar-refractivity contribution in [1.29, 1.82) is 0 Å². The van der Waals surface area contributed by atoms with Gasteiger partial charge in [-0.2, -0.15) is 0 Å². The normalized spacial score (nSPS) is 12.8. The Balaban J connectivity index is 1.86. The summed E-state index contributed by atoms with van der Waals surface area (Å²) in [5.74, 6) is -0.872. The van der Waals surface area contributed by atoms with E-state index < -0.39 is 11.9 Å². The number of carbonyl (C=O) groups is 2. The lowest BCUT2D eigenvalue weighted by Crippen LogP contribution is -2.27. The van der Waals surface area contributed by atoms with Gasteiger partial charge in [0.25, 0.3) is 5.91 Å². The zero-order valence-electron chi connectivity index (χ0n) is 12.6. The summed E-state index contributed by atoms with van der Waals surface area (Å²) < 4.78 is 10.4. The predicted octanol–water partition coefficient (Wildman–Crippen LogP) is 3.58. The van der Waals surface area contributed by atoms with Crippen LogP contribution in [-0.2, 0) is 4.79 Å². The topological polar surface area (TPSA) is 84.9 Å². The van der Waals surface area contributed by atoms with E-state index in [-0.39, 0.29) is 23.1 Å². The first-order chi connectivity index (χ1) is 11.9. The molecule has 1 amide bonds. The number of fused-ring (bicyclic) bond motifs is 1. The minimum atomic E-state index is -1.30. The molecule has 0 saturated carbocycles. The number of benzene rings is 2. The van der Waals surface area contributed by atoms with Gasteiger partial charge in [0.15, 0.2) is 11.5 Å². The largest absolute Gasteiger partial charge is 0.477 e. The number of ether oxygens (including phenoxy) is 2. The summed E-state index contributed by atoms with van der Waals surface area (Å²) in [6, 6.07) is 9.24. The molecule has 0 saturated heterocycles. The second-order valence-electron chi connectivity index (χ2n) is 5.05. The molecule has 0 fully saturated rings. The van der Waals surface area contributed by atoms with Gasteiger partial charge in [-0.1, -0.05) is 29.3 Å². The molecule has 0 aromatic heterocycles. The fraction of sp³-hybridized carbons (Fsp3) is 0.0588. The summed E-state index contributed by atoms with van der Waals surface area (Å²) in [5.41, 5.74) is 0.336. The lowest BCUT2D eigenvalue weighted by molar-refractivity contribution is -0.132. The first kappa shape index (κ1) is 17.1. The molecule has 25 heavy (non-hydrogen) atoms. The average Bonchev–Trinajstić information content (AvgIpc) is 3.01. The highest BCUT2D eigenvalue weighted by atomic mass is 35.5. The lowest BCUT2D eigenvalue weighted by atomic mass is 10.1. The molecule has 128 valence electrons. The van der Waals surface area contributed by atoms with E-state index >= 15 is 0 Å². The van der Waals surface area contributed by atoms with E-state index in [1.54, 1.807) is 18.2 Å². The molecule has 0 bridgehead atoms. The van der Waals surface area contributed by atoms with Crippen molar-refractivity contribution in [2.75, 3.05) is 6.79 Å². The number of amides is 1. The molecule has 1 aliphatic rings. The quantitative estimate of drug-likeness (QED) is 0.793. The van der Waals surface area contributed by atoms with E-state index in [1.807, 2.05) is 0 Å². The van der Waals surface area contributed by atoms with Gasteiger partial charge in [-0.3, -0.25) is 4.79 Å². The van der Waals surface area contributed by atoms with Crippen molar-refractivity contribution in [3.63, 3.8) is 0 Å². The van der Waals surface area contributed by atoms with Crippen LogP contribution in [0.25, 0.3) is 6.08 Å². The van der Waals surface area contributed by atoms with Gasteiger partial charge < -0.3 is 19.9 Å². The zero-order valence-corrected chi connectivity index (χ0v) is 14.1.